The first-order valence-corrected chi connectivity index (χ1v) is 12.8. The molecule has 0 aliphatic carbocycles. The number of allylic oxidation sites excluding steroid dienone is 2. The maximum absolute atomic E-state index is 14.8. The summed E-state index contributed by atoms with van der Waals surface area (Å²) in [5.74, 6) is -0.844. The van der Waals surface area contributed by atoms with Gasteiger partial charge in [0.25, 0.3) is 0 Å². The molecule has 1 unspecified atom stereocenters. The maximum Gasteiger partial charge on any atom is 0.129 e. The lowest BCUT2D eigenvalue weighted by atomic mass is 9.92. The first kappa shape index (κ1) is 25.6. The zero-order valence-corrected chi connectivity index (χ0v) is 21.2. The first-order valence-electron chi connectivity index (χ1n) is 12.8. The molecule has 0 aliphatic heterocycles. The Bertz CT molecular complexity index is 1250. The lowest BCUT2D eigenvalue weighted by Crippen LogP contribution is -2.05. The van der Waals surface area contributed by atoms with E-state index in [-0.39, 0.29) is 11.5 Å². The van der Waals surface area contributed by atoms with Crippen molar-refractivity contribution in [3.63, 3.8) is 0 Å². The maximum atomic E-state index is 14.8. The minimum absolute atomic E-state index is 0.0500. The van der Waals surface area contributed by atoms with E-state index in [2.05, 4.69) is 60.7 Å². The van der Waals surface area contributed by atoms with E-state index < -0.39 is 11.6 Å². The molecule has 0 nitrogen and oxygen atoms in total. The van der Waals surface area contributed by atoms with Crippen molar-refractivity contribution >= 4 is 0 Å². The van der Waals surface area contributed by atoms with Gasteiger partial charge in [0.1, 0.15) is 11.6 Å². The molecule has 0 N–H and O–H groups in total. The summed E-state index contributed by atoms with van der Waals surface area (Å²) in [6, 6.07) is 30.1. The molecule has 0 saturated carbocycles. The van der Waals surface area contributed by atoms with Gasteiger partial charge in [-0.05, 0) is 90.5 Å². The van der Waals surface area contributed by atoms with Crippen LogP contribution in [0.25, 0.3) is 11.1 Å². The molecule has 4 rings (SSSR count). The fraction of sp³-hybridized carbons (Fsp3) is 0.235. The van der Waals surface area contributed by atoms with Crippen LogP contribution in [0, 0.1) is 11.6 Å². The first-order chi connectivity index (χ1) is 17.5. The van der Waals surface area contributed by atoms with Crippen molar-refractivity contribution in [3.05, 3.63) is 143 Å². The van der Waals surface area contributed by atoms with Gasteiger partial charge in [-0.1, -0.05) is 97.9 Å². The predicted octanol–water partition coefficient (Wildman–Crippen LogP) is 9.27. The number of benzene rings is 4. The second kappa shape index (κ2) is 12.4. The van der Waals surface area contributed by atoms with Gasteiger partial charge in [-0.3, -0.25) is 0 Å². The normalized spacial score (nSPS) is 12.2. The third-order valence-electron chi connectivity index (χ3n) is 6.86. The lowest BCUT2D eigenvalue weighted by Gasteiger charge is -2.14. The number of hydrogen-bond acceptors (Lipinski definition) is 0. The molecule has 0 saturated heterocycles. The van der Waals surface area contributed by atoms with Gasteiger partial charge in [-0.15, -0.1) is 0 Å². The fourth-order valence-electron chi connectivity index (χ4n) is 4.63. The molecule has 0 aromatic heterocycles. The molecular weight excluding hydrogens is 446 g/mol. The topological polar surface area (TPSA) is 0 Å². The summed E-state index contributed by atoms with van der Waals surface area (Å²) in [5.41, 5.74) is 6.82. The second-order valence-electron chi connectivity index (χ2n) is 9.56. The second-order valence-corrected chi connectivity index (χ2v) is 9.56. The van der Waals surface area contributed by atoms with Gasteiger partial charge in [-0.25, -0.2) is 8.78 Å². The highest BCUT2D eigenvalue weighted by Crippen LogP contribution is 2.26. The van der Waals surface area contributed by atoms with E-state index in [1.165, 1.54) is 28.8 Å². The van der Waals surface area contributed by atoms with E-state index in [0.29, 0.717) is 18.4 Å². The van der Waals surface area contributed by atoms with Crippen molar-refractivity contribution in [2.45, 2.75) is 51.9 Å². The predicted molar refractivity (Wildman–Crippen MR) is 147 cm³/mol. The van der Waals surface area contributed by atoms with Crippen LogP contribution in [-0.4, -0.2) is 0 Å². The molecule has 0 aliphatic rings. The summed E-state index contributed by atoms with van der Waals surface area (Å²) < 4.78 is 29.7. The summed E-state index contributed by atoms with van der Waals surface area (Å²) in [5, 5.41) is 0. The summed E-state index contributed by atoms with van der Waals surface area (Å²) in [4.78, 5) is 0. The van der Waals surface area contributed by atoms with Crippen molar-refractivity contribution < 1.29 is 8.78 Å². The van der Waals surface area contributed by atoms with Gasteiger partial charge in [-0.2, -0.15) is 0 Å². The number of halogens is 2. The smallest absolute Gasteiger partial charge is 0.129 e. The summed E-state index contributed by atoms with van der Waals surface area (Å²) >= 11 is 0. The average molecular weight is 481 g/mol. The SMILES string of the molecule is C/C=C/CCc1ccc(-c2ccc(CCc3cc(F)c(CC(C)c4ccccc4)c(F)c3)cc2)cc1. The Hall–Kier alpha value is -3.52. The minimum atomic E-state index is -0.447. The Balaban J connectivity index is 1.36. The molecule has 1 atom stereocenters. The van der Waals surface area contributed by atoms with Gasteiger partial charge >= 0.3 is 0 Å². The van der Waals surface area contributed by atoms with Crippen LogP contribution < -0.4 is 0 Å². The molecular formula is C34H34F2. The van der Waals surface area contributed by atoms with Crippen LogP contribution in [0.1, 0.15) is 54.0 Å². The zero-order chi connectivity index (χ0) is 25.3. The molecule has 4 aromatic rings. The number of hydrogen-bond donors (Lipinski definition) is 0. The van der Waals surface area contributed by atoms with E-state index in [1.807, 2.05) is 44.2 Å². The molecule has 0 fully saturated rings. The quantitative estimate of drug-likeness (QED) is 0.198. The molecule has 0 heterocycles. The van der Waals surface area contributed by atoms with Crippen molar-refractivity contribution in [1.82, 2.24) is 0 Å². The largest absolute Gasteiger partial charge is 0.207 e. The standard InChI is InChI=1S/C34H34F2/c1-3-4-6-9-26-14-18-30(19-15-26)31-20-16-27(17-21-31)12-13-28-23-33(35)32(34(36)24-28)22-25(2)29-10-7-5-8-11-29/h3-5,7-8,10-11,14-21,23-25H,6,9,12-13,22H2,1-2H3/b4-3+. The Labute approximate surface area is 214 Å². The lowest BCUT2D eigenvalue weighted by molar-refractivity contribution is 0.540. The highest BCUT2D eigenvalue weighted by atomic mass is 19.1. The van der Waals surface area contributed by atoms with E-state index in [9.17, 15) is 8.78 Å². The van der Waals surface area contributed by atoms with E-state index >= 15 is 0 Å². The Morgan fingerprint density at radius 2 is 1.19 bits per heavy atom. The van der Waals surface area contributed by atoms with Crippen molar-refractivity contribution in [2.24, 2.45) is 0 Å². The van der Waals surface area contributed by atoms with Gasteiger partial charge in [0.15, 0.2) is 0 Å². The van der Waals surface area contributed by atoms with Gasteiger partial charge in [0.05, 0.1) is 0 Å². The molecule has 2 heteroatoms. The van der Waals surface area contributed by atoms with Crippen LogP contribution in [0.4, 0.5) is 8.78 Å². The van der Waals surface area contributed by atoms with Gasteiger partial charge < -0.3 is 0 Å². The van der Waals surface area contributed by atoms with Crippen LogP contribution in [0.3, 0.4) is 0 Å². The van der Waals surface area contributed by atoms with Crippen LogP contribution in [0.2, 0.25) is 0 Å². The number of aryl methyl sites for hydroxylation is 3. The molecule has 0 radical (unpaired) electrons. The highest BCUT2D eigenvalue weighted by molar-refractivity contribution is 5.64. The molecule has 4 aromatic carbocycles. The van der Waals surface area contributed by atoms with Gasteiger partial charge in [0.2, 0.25) is 0 Å². The summed E-state index contributed by atoms with van der Waals surface area (Å²) in [6.45, 7) is 4.05. The molecule has 0 bridgehead atoms. The third kappa shape index (κ3) is 6.79. The minimum Gasteiger partial charge on any atom is -0.207 e. The van der Waals surface area contributed by atoms with Crippen molar-refractivity contribution in [1.29, 1.82) is 0 Å². The molecule has 36 heavy (non-hydrogen) atoms. The number of rotatable bonds is 10. The van der Waals surface area contributed by atoms with Crippen molar-refractivity contribution in [3.8, 4) is 11.1 Å². The van der Waals surface area contributed by atoms with Gasteiger partial charge in [0, 0.05) is 5.56 Å². The molecule has 184 valence electrons. The third-order valence-corrected chi connectivity index (χ3v) is 6.86. The van der Waals surface area contributed by atoms with Crippen molar-refractivity contribution in [2.75, 3.05) is 0 Å². The Kier molecular flexibility index (Phi) is 8.84. The van der Waals surface area contributed by atoms with Crippen LogP contribution in [0.5, 0.6) is 0 Å². The van der Waals surface area contributed by atoms with E-state index in [4.69, 9.17) is 0 Å². The summed E-state index contributed by atoms with van der Waals surface area (Å²) in [7, 11) is 0. The molecule has 0 amide bonds. The van der Waals surface area contributed by atoms with Crippen LogP contribution in [0.15, 0.2) is 103 Å². The highest BCUT2D eigenvalue weighted by Gasteiger charge is 2.16. The van der Waals surface area contributed by atoms with E-state index in [1.54, 1.807) is 0 Å². The van der Waals surface area contributed by atoms with Crippen LogP contribution >= 0.6 is 0 Å². The fourth-order valence-corrected chi connectivity index (χ4v) is 4.63. The average Bonchev–Trinajstić information content (AvgIpc) is 2.91. The van der Waals surface area contributed by atoms with Crippen LogP contribution in [-0.2, 0) is 25.7 Å². The zero-order valence-electron chi connectivity index (χ0n) is 21.2. The van der Waals surface area contributed by atoms with E-state index in [0.717, 1.165) is 30.4 Å². The summed E-state index contributed by atoms with van der Waals surface area (Å²) in [6.07, 6.45) is 8.08. The Morgan fingerprint density at radius 1 is 0.667 bits per heavy atom. The monoisotopic (exact) mass is 480 g/mol. The Morgan fingerprint density at radius 3 is 1.75 bits per heavy atom. The molecule has 0 spiro atoms.